The lowest BCUT2D eigenvalue weighted by atomic mass is 10.4. The summed E-state index contributed by atoms with van der Waals surface area (Å²) in [6.07, 6.45) is 4.59. The monoisotopic (exact) mass is 778 g/mol. The van der Waals surface area contributed by atoms with E-state index in [1.807, 2.05) is 6.55 Å². The van der Waals surface area contributed by atoms with E-state index in [1.54, 1.807) is 0 Å². The Kier molecular flexibility index (Phi) is 17.7. The molecule has 266 valence electrons. The Bertz CT molecular complexity index is 821. The van der Waals surface area contributed by atoms with Gasteiger partial charge in [0.1, 0.15) is 0 Å². The fourth-order valence-electron chi connectivity index (χ4n) is 5.87. The first-order valence-electron chi connectivity index (χ1n) is 16.9. The molecular formula is C27H74O8Si9. The molecule has 0 heterocycles. The second-order valence-corrected chi connectivity index (χ2v) is 52.5. The highest BCUT2D eigenvalue weighted by Gasteiger charge is 2.57. The standard InChI is InChI=1S/C27H74O8Si9/c1-20-22-24-38(9,10)31-41(15,16)34-44(33-40(13,14)29-36(3,4)5,27-26-43(19,28)30-37(6,7)8)35-42(17,18)32-39(11,12)25-23-21-2/h28H,20-27H2,1-19H3. The average molecular weight is 780 g/mol. The van der Waals surface area contributed by atoms with Gasteiger partial charge in [0.25, 0.3) is 0 Å². The Morgan fingerprint density at radius 2 is 0.705 bits per heavy atom. The zero-order valence-electron chi connectivity index (χ0n) is 32.5. The molecular weight excluding hydrogens is 705 g/mol. The molecule has 1 N–H and O–H groups in total. The second-order valence-electron chi connectivity index (χ2n) is 17.2. The zero-order valence-corrected chi connectivity index (χ0v) is 41.5. The van der Waals surface area contributed by atoms with Gasteiger partial charge in [0.05, 0.1) is 0 Å². The van der Waals surface area contributed by atoms with Crippen LogP contribution in [0.1, 0.15) is 39.5 Å². The van der Waals surface area contributed by atoms with Crippen LogP contribution in [0.25, 0.3) is 0 Å². The first kappa shape index (κ1) is 45.6. The van der Waals surface area contributed by atoms with Crippen molar-refractivity contribution in [3.05, 3.63) is 0 Å². The van der Waals surface area contributed by atoms with Crippen molar-refractivity contribution < 1.29 is 33.6 Å². The van der Waals surface area contributed by atoms with Crippen LogP contribution in [0, 0.1) is 0 Å². The first-order valence-corrected chi connectivity index (χ1v) is 42.9. The van der Waals surface area contributed by atoms with Gasteiger partial charge < -0.3 is 33.6 Å². The molecule has 0 saturated carbocycles. The van der Waals surface area contributed by atoms with Gasteiger partial charge in [-0.2, -0.15) is 0 Å². The molecule has 0 aromatic rings. The highest BCUT2D eigenvalue weighted by Crippen LogP contribution is 2.36. The van der Waals surface area contributed by atoms with Crippen LogP contribution in [0.4, 0.5) is 0 Å². The molecule has 0 aromatic heterocycles. The van der Waals surface area contributed by atoms with Gasteiger partial charge in [-0.05, 0) is 129 Å². The summed E-state index contributed by atoms with van der Waals surface area (Å²) in [6.45, 7) is 41.3. The van der Waals surface area contributed by atoms with Crippen LogP contribution in [0.3, 0.4) is 0 Å². The lowest BCUT2D eigenvalue weighted by Gasteiger charge is -2.47. The van der Waals surface area contributed by atoms with Crippen molar-refractivity contribution in [1.29, 1.82) is 0 Å². The Morgan fingerprint density at radius 3 is 1.00 bits per heavy atom. The third kappa shape index (κ3) is 21.6. The lowest BCUT2D eigenvalue weighted by molar-refractivity contribution is 0.191. The van der Waals surface area contributed by atoms with Gasteiger partial charge in [0, 0.05) is 6.04 Å². The van der Waals surface area contributed by atoms with Gasteiger partial charge in [-0.25, -0.2) is 0 Å². The SMILES string of the molecule is CCCC[Si](C)(C)O[Si](C)(C)O[Si](CC[Si](C)(O)O[Si](C)(C)C)(O[Si](C)(C)O[Si](C)(C)C)O[Si](C)(C)O[Si](C)(C)CCCC. The molecule has 1 unspecified atom stereocenters. The summed E-state index contributed by atoms with van der Waals surface area (Å²) >= 11 is 0. The summed E-state index contributed by atoms with van der Waals surface area (Å²) in [7, 11) is -22.8. The maximum atomic E-state index is 11.6. The molecule has 0 spiro atoms. The van der Waals surface area contributed by atoms with E-state index in [-0.39, 0.29) is 0 Å². The Hall–Kier alpha value is 1.63. The molecule has 8 nitrogen and oxygen atoms in total. The number of hydrogen-bond acceptors (Lipinski definition) is 8. The Labute approximate surface area is 283 Å². The molecule has 0 aliphatic carbocycles. The summed E-state index contributed by atoms with van der Waals surface area (Å²) in [4.78, 5) is 11.6. The summed E-state index contributed by atoms with van der Waals surface area (Å²) in [5.41, 5.74) is 0. The highest BCUT2D eigenvalue weighted by atomic mass is 28.5. The first-order chi connectivity index (χ1) is 19.3. The minimum Gasteiger partial charge on any atom is -0.437 e. The van der Waals surface area contributed by atoms with Crippen LogP contribution < -0.4 is 0 Å². The summed E-state index contributed by atoms with van der Waals surface area (Å²) in [6, 6.07) is 3.09. The maximum Gasteiger partial charge on any atom is 0.474 e. The molecule has 44 heavy (non-hydrogen) atoms. The number of unbranched alkanes of at least 4 members (excludes halogenated alkanes) is 2. The van der Waals surface area contributed by atoms with E-state index in [4.69, 9.17) is 28.8 Å². The lowest BCUT2D eigenvalue weighted by Crippen LogP contribution is -2.66. The van der Waals surface area contributed by atoms with Crippen molar-refractivity contribution in [2.75, 3.05) is 0 Å². The van der Waals surface area contributed by atoms with E-state index < -0.39 is 76.3 Å². The number of hydrogen-bond donors (Lipinski definition) is 1. The van der Waals surface area contributed by atoms with Crippen LogP contribution >= 0.6 is 0 Å². The summed E-state index contributed by atoms with van der Waals surface area (Å²) in [5.74, 6) is 0. The molecule has 17 heteroatoms. The van der Waals surface area contributed by atoms with Crippen molar-refractivity contribution in [2.45, 2.75) is 175 Å². The van der Waals surface area contributed by atoms with Gasteiger partial charge in [-0.15, -0.1) is 0 Å². The Morgan fingerprint density at radius 1 is 0.386 bits per heavy atom. The van der Waals surface area contributed by atoms with Crippen LogP contribution in [0.15, 0.2) is 0 Å². The molecule has 0 saturated heterocycles. The fourth-order valence-corrected chi connectivity index (χ4v) is 47.9. The van der Waals surface area contributed by atoms with Gasteiger partial charge in [-0.1, -0.05) is 39.5 Å². The number of rotatable bonds is 23. The fraction of sp³-hybridized carbons (Fsp3) is 1.00. The zero-order chi connectivity index (χ0) is 35.1. The smallest absolute Gasteiger partial charge is 0.437 e. The highest BCUT2D eigenvalue weighted by molar-refractivity contribution is 6.93. The normalized spacial score (nSPS) is 16.4. The predicted octanol–water partition coefficient (Wildman–Crippen LogP) is 9.89. The van der Waals surface area contributed by atoms with Crippen LogP contribution in [-0.4, -0.2) is 81.1 Å². The third-order valence-corrected chi connectivity index (χ3v) is 38.8. The van der Waals surface area contributed by atoms with E-state index in [0.29, 0.717) is 12.1 Å². The van der Waals surface area contributed by atoms with Crippen molar-refractivity contribution >= 4 is 76.3 Å². The quantitative estimate of drug-likeness (QED) is 0.103. The molecule has 0 aliphatic rings. The summed E-state index contributed by atoms with van der Waals surface area (Å²) < 4.78 is 49.0. The van der Waals surface area contributed by atoms with Crippen molar-refractivity contribution in [1.82, 2.24) is 0 Å². The third-order valence-electron chi connectivity index (χ3n) is 6.49. The molecule has 1 atom stereocenters. The maximum absolute atomic E-state index is 11.6. The molecule has 0 rings (SSSR count). The van der Waals surface area contributed by atoms with Crippen LogP contribution in [0.2, 0.25) is 135 Å². The van der Waals surface area contributed by atoms with Gasteiger partial charge >= 0.3 is 43.0 Å². The molecule has 0 bridgehead atoms. The van der Waals surface area contributed by atoms with E-state index in [9.17, 15) is 4.80 Å². The Balaban J connectivity index is 6.98. The van der Waals surface area contributed by atoms with Crippen LogP contribution in [0.5, 0.6) is 0 Å². The minimum absolute atomic E-state index is 0.454. The predicted molar refractivity (Wildman–Crippen MR) is 210 cm³/mol. The molecule has 0 fully saturated rings. The molecule has 0 radical (unpaired) electrons. The summed E-state index contributed by atoms with van der Waals surface area (Å²) in [5, 5.41) is 0. The van der Waals surface area contributed by atoms with Gasteiger partial charge in [0.15, 0.2) is 33.3 Å². The van der Waals surface area contributed by atoms with Crippen molar-refractivity contribution in [3.63, 3.8) is 0 Å². The largest absolute Gasteiger partial charge is 0.474 e. The van der Waals surface area contributed by atoms with Gasteiger partial charge in [0.2, 0.25) is 0 Å². The van der Waals surface area contributed by atoms with Crippen LogP contribution in [-0.2, 0) is 28.8 Å². The van der Waals surface area contributed by atoms with E-state index >= 15 is 0 Å². The van der Waals surface area contributed by atoms with Gasteiger partial charge in [-0.3, -0.25) is 0 Å². The van der Waals surface area contributed by atoms with Crippen molar-refractivity contribution in [3.8, 4) is 0 Å². The topological polar surface area (TPSA) is 84.8 Å². The van der Waals surface area contributed by atoms with E-state index in [2.05, 4.69) is 119 Å². The second kappa shape index (κ2) is 17.0. The van der Waals surface area contributed by atoms with Crippen molar-refractivity contribution in [2.24, 2.45) is 0 Å². The average Bonchev–Trinajstić information content (AvgIpc) is 2.68. The molecule has 0 amide bonds. The van der Waals surface area contributed by atoms with E-state index in [0.717, 1.165) is 37.8 Å². The minimum atomic E-state index is -3.56. The molecule has 0 aliphatic heterocycles. The van der Waals surface area contributed by atoms with E-state index in [1.165, 1.54) is 0 Å². The molecule has 0 aromatic carbocycles.